The predicted octanol–water partition coefficient (Wildman–Crippen LogP) is 12.9. The van der Waals surface area contributed by atoms with Crippen LogP contribution in [-0.4, -0.2) is 0 Å². The number of thiophene rings is 1. The molecule has 10 rings (SSSR count). The Hall–Kier alpha value is -5.64. The van der Waals surface area contributed by atoms with Gasteiger partial charge >= 0.3 is 0 Å². The number of benzene rings is 8. The molecule has 45 heavy (non-hydrogen) atoms. The van der Waals surface area contributed by atoms with Gasteiger partial charge in [-0.3, -0.25) is 0 Å². The molecule has 2 aromatic heterocycles. The van der Waals surface area contributed by atoms with Gasteiger partial charge in [0.1, 0.15) is 11.2 Å². The van der Waals surface area contributed by atoms with Crippen LogP contribution in [0.25, 0.3) is 74.4 Å². The average molecular weight is 592 g/mol. The van der Waals surface area contributed by atoms with Crippen LogP contribution < -0.4 is 4.90 Å². The molecule has 0 aliphatic heterocycles. The van der Waals surface area contributed by atoms with Crippen molar-refractivity contribution in [2.45, 2.75) is 0 Å². The van der Waals surface area contributed by atoms with E-state index in [1.165, 1.54) is 52.5 Å². The highest BCUT2D eigenvalue weighted by Gasteiger charge is 2.18. The van der Waals surface area contributed by atoms with E-state index in [2.05, 4.69) is 144 Å². The molecule has 0 spiro atoms. The molecule has 0 saturated heterocycles. The van der Waals surface area contributed by atoms with Crippen molar-refractivity contribution in [3.05, 3.63) is 152 Å². The Bertz CT molecular complexity index is 2790. The second-order valence-electron chi connectivity index (χ2n) is 11.7. The first-order valence-corrected chi connectivity index (χ1v) is 16.1. The molecule has 0 unspecified atom stereocenters. The first-order chi connectivity index (χ1) is 22.3. The van der Waals surface area contributed by atoms with Crippen molar-refractivity contribution in [3.8, 4) is 0 Å². The van der Waals surface area contributed by atoms with E-state index in [0.717, 1.165) is 39.0 Å². The zero-order valence-electron chi connectivity index (χ0n) is 24.2. The molecule has 8 aromatic carbocycles. The Balaban J connectivity index is 1.21. The highest BCUT2D eigenvalue weighted by Crippen LogP contribution is 2.43. The topological polar surface area (TPSA) is 16.4 Å². The van der Waals surface area contributed by atoms with Crippen LogP contribution in [-0.2, 0) is 0 Å². The quantitative estimate of drug-likeness (QED) is 0.190. The van der Waals surface area contributed by atoms with Crippen LogP contribution in [0.4, 0.5) is 17.1 Å². The van der Waals surface area contributed by atoms with E-state index in [1.807, 2.05) is 23.5 Å². The van der Waals surface area contributed by atoms with Gasteiger partial charge in [0.05, 0.1) is 0 Å². The maximum Gasteiger partial charge on any atom is 0.135 e. The summed E-state index contributed by atoms with van der Waals surface area (Å²) in [6.07, 6.45) is 0. The van der Waals surface area contributed by atoms with Gasteiger partial charge in [0.15, 0.2) is 0 Å². The number of rotatable bonds is 3. The van der Waals surface area contributed by atoms with E-state index in [0.29, 0.717) is 0 Å². The average Bonchev–Trinajstić information content (AvgIpc) is 3.66. The Morgan fingerprint density at radius 2 is 0.933 bits per heavy atom. The van der Waals surface area contributed by atoms with Gasteiger partial charge in [-0.25, -0.2) is 0 Å². The summed E-state index contributed by atoms with van der Waals surface area (Å²) in [5, 5.41) is 12.5. The number of nitrogens with zero attached hydrogens (tertiary/aromatic N) is 1. The molecule has 0 aliphatic rings. The fourth-order valence-corrected chi connectivity index (χ4v) is 8.25. The second kappa shape index (κ2) is 9.43. The highest BCUT2D eigenvalue weighted by molar-refractivity contribution is 7.25. The summed E-state index contributed by atoms with van der Waals surface area (Å²) in [5.41, 5.74) is 5.16. The fraction of sp³-hybridized carbons (Fsp3) is 0. The summed E-state index contributed by atoms with van der Waals surface area (Å²) in [6.45, 7) is 0. The Labute approximate surface area is 263 Å². The van der Waals surface area contributed by atoms with Gasteiger partial charge in [-0.1, -0.05) is 97.1 Å². The summed E-state index contributed by atoms with van der Waals surface area (Å²) in [5.74, 6) is 0. The molecular formula is C42H25NOS. The van der Waals surface area contributed by atoms with Crippen molar-refractivity contribution in [2.24, 2.45) is 0 Å². The molecule has 10 aromatic rings. The highest BCUT2D eigenvalue weighted by atomic mass is 32.1. The van der Waals surface area contributed by atoms with Gasteiger partial charge in [-0.05, 0) is 86.9 Å². The van der Waals surface area contributed by atoms with E-state index in [-0.39, 0.29) is 0 Å². The third-order valence-electron chi connectivity index (χ3n) is 9.22. The molecule has 210 valence electrons. The number of hydrogen-bond acceptors (Lipinski definition) is 3. The molecule has 2 heterocycles. The van der Waals surface area contributed by atoms with Crippen molar-refractivity contribution < 1.29 is 4.42 Å². The number of fused-ring (bicyclic) bond motifs is 11. The van der Waals surface area contributed by atoms with E-state index in [4.69, 9.17) is 4.42 Å². The maximum atomic E-state index is 6.20. The minimum absolute atomic E-state index is 0.900. The van der Waals surface area contributed by atoms with Gasteiger partial charge in [0.2, 0.25) is 0 Å². The summed E-state index contributed by atoms with van der Waals surface area (Å²) in [4.78, 5) is 2.38. The Morgan fingerprint density at radius 1 is 0.356 bits per heavy atom. The molecule has 2 nitrogen and oxygen atoms in total. The molecular weight excluding hydrogens is 567 g/mol. The number of para-hydroxylation sites is 1. The summed E-state index contributed by atoms with van der Waals surface area (Å²) >= 11 is 1.85. The van der Waals surface area contributed by atoms with E-state index < -0.39 is 0 Å². The van der Waals surface area contributed by atoms with E-state index in [9.17, 15) is 0 Å². The molecule has 0 bridgehead atoms. The third kappa shape index (κ3) is 3.75. The maximum absolute atomic E-state index is 6.20. The minimum Gasteiger partial charge on any atom is -0.456 e. The Kier molecular flexibility index (Phi) is 5.19. The van der Waals surface area contributed by atoms with Crippen molar-refractivity contribution in [1.29, 1.82) is 0 Å². The standard InChI is InChI=1S/C42H25NOS/c1-2-8-31-26(7-1)13-18-34-32-20-15-28(23-27(32)14-19-33(31)34)43(29-17-22-40-38(24-29)35-9-3-5-11-39(35)44-40)30-16-21-37-36-10-4-6-12-41(36)45-42(37)25-30/h1-25H. The molecule has 0 fully saturated rings. The van der Waals surface area contributed by atoms with Crippen LogP contribution >= 0.6 is 11.3 Å². The lowest BCUT2D eigenvalue weighted by atomic mass is 9.96. The largest absolute Gasteiger partial charge is 0.456 e. The molecule has 3 heteroatoms. The van der Waals surface area contributed by atoms with Crippen LogP contribution in [0.3, 0.4) is 0 Å². The second-order valence-corrected chi connectivity index (χ2v) is 12.8. The lowest BCUT2D eigenvalue weighted by Gasteiger charge is -2.26. The molecule has 0 amide bonds. The number of hydrogen-bond donors (Lipinski definition) is 0. The number of furan rings is 1. The third-order valence-corrected chi connectivity index (χ3v) is 10.4. The lowest BCUT2D eigenvalue weighted by Crippen LogP contribution is -2.09. The van der Waals surface area contributed by atoms with Crippen molar-refractivity contribution >= 4 is 103 Å². The smallest absolute Gasteiger partial charge is 0.135 e. The Morgan fingerprint density at radius 3 is 1.82 bits per heavy atom. The molecule has 0 saturated carbocycles. The van der Waals surface area contributed by atoms with E-state index >= 15 is 0 Å². The molecule has 0 aliphatic carbocycles. The van der Waals surface area contributed by atoms with E-state index in [1.54, 1.807) is 0 Å². The van der Waals surface area contributed by atoms with Crippen LogP contribution in [0.2, 0.25) is 0 Å². The molecule has 0 radical (unpaired) electrons. The SMILES string of the molecule is c1ccc2c(c1)ccc1c3ccc(N(c4ccc5c(c4)sc4ccccc45)c4ccc5oc6ccccc6c5c4)cc3ccc21. The number of anilines is 3. The molecule has 0 atom stereocenters. The monoisotopic (exact) mass is 591 g/mol. The van der Waals surface area contributed by atoms with Crippen LogP contribution in [0.5, 0.6) is 0 Å². The van der Waals surface area contributed by atoms with Crippen molar-refractivity contribution in [2.75, 3.05) is 4.90 Å². The first-order valence-electron chi connectivity index (χ1n) is 15.3. The lowest BCUT2D eigenvalue weighted by molar-refractivity contribution is 0.669. The summed E-state index contributed by atoms with van der Waals surface area (Å²) < 4.78 is 8.80. The first kappa shape index (κ1) is 24.8. The van der Waals surface area contributed by atoms with Gasteiger partial charge in [0.25, 0.3) is 0 Å². The van der Waals surface area contributed by atoms with Crippen molar-refractivity contribution in [3.63, 3.8) is 0 Å². The van der Waals surface area contributed by atoms with Gasteiger partial charge in [-0.15, -0.1) is 11.3 Å². The minimum atomic E-state index is 0.900. The predicted molar refractivity (Wildman–Crippen MR) is 194 cm³/mol. The fourth-order valence-electron chi connectivity index (χ4n) is 7.11. The van der Waals surface area contributed by atoms with Crippen LogP contribution in [0.1, 0.15) is 0 Å². The van der Waals surface area contributed by atoms with Crippen LogP contribution in [0.15, 0.2) is 156 Å². The zero-order chi connectivity index (χ0) is 29.5. The summed E-state index contributed by atoms with van der Waals surface area (Å²) in [6, 6.07) is 55.0. The zero-order valence-corrected chi connectivity index (χ0v) is 25.0. The van der Waals surface area contributed by atoms with Gasteiger partial charge in [-0.2, -0.15) is 0 Å². The van der Waals surface area contributed by atoms with Crippen LogP contribution in [0, 0.1) is 0 Å². The van der Waals surface area contributed by atoms with Crippen molar-refractivity contribution in [1.82, 2.24) is 0 Å². The molecule has 0 N–H and O–H groups in total. The van der Waals surface area contributed by atoms with Gasteiger partial charge < -0.3 is 9.32 Å². The van der Waals surface area contributed by atoms with Gasteiger partial charge in [0, 0.05) is 48.0 Å². The summed E-state index contributed by atoms with van der Waals surface area (Å²) in [7, 11) is 0. The normalized spacial score (nSPS) is 12.0.